The van der Waals surface area contributed by atoms with E-state index in [-0.39, 0.29) is 25.7 Å². The van der Waals surface area contributed by atoms with E-state index in [1.807, 2.05) is 0 Å². The molecular formula is C73H142O17P2. The van der Waals surface area contributed by atoms with Gasteiger partial charge in [0.25, 0.3) is 0 Å². The van der Waals surface area contributed by atoms with Crippen molar-refractivity contribution in [2.45, 2.75) is 382 Å². The lowest BCUT2D eigenvalue weighted by Crippen LogP contribution is -2.30. The van der Waals surface area contributed by atoms with Crippen LogP contribution in [0.5, 0.6) is 0 Å². The van der Waals surface area contributed by atoms with E-state index >= 15 is 0 Å². The minimum absolute atomic E-state index is 0.104. The maximum Gasteiger partial charge on any atom is 0.472 e. The van der Waals surface area contributed by atoms with Crippen LogP contribution in [-0.2, 0) is 65.4 Å². The van der Waals surface area contributed by atoms with Crippen LogP contribution in [0.1, 0.15) is 364 Å². The number of hydrogen-bond acceptors (Lipinski definition) is 15. The molecule has 7 atom stereocenters. The Morgan fingerprint density at radius 2 is 0.522 bits per heavy atom. The van der Waals surface area contributed by atoms with Gasteiger partial charge in [-0.05, 0) is 49.4 Å². The van der Waals surface area contributed by atoms with E-state index in [4.69, 9.17) is 37.0 Å². The van der Waals surface area contributed by atoms with E-state index in [1.165, 1.54) is 167 Å². The number of carbonyl (C=O) groups excluding carboxylic acids is 4. The summed E-state index contributed by atoms with van der Waals surface area (Å²) in [6, 6.07) is 0. The van der Waals surface area contributed by atoms with Crippen molar-refractivity contribution < 1.29 is 80.2 Å². The van der Waals surface area contributed by atoms with Crippen molar-refractivity contribution in [1.29, 1.82) is 0 Å². The van der Waals surface area contributed by atoms with Crippen LogP contribution < -0.4 is 0 Å². The lowest BCUT2D eigenvalue weighted by Gasteiger charge is -2.21. The summed E-state index contributed by atoms with van der Waals surface area (Å²) in [4.78, 5) is 72.7. The lowest BCUT2D eigenvalue weighted by molar-refractivity contribution is -0.161. The predicted octanol–water partition coefficient (Wildman–Crippen LogP) is 20.9. The highest BCUT2D eigenvalue weighted by Crippen LogP contribution is 2.45. The van der Waals surface area contributed by atoms with Gasteiger partial charge in [-0.2, -0.15) is 0 Å². The average Bonchev–Trinajstić information content (AvgIpc) is 2.96. The van der Waals surface area contributed by atoms with E-state index in [0.717, 1.165) is 114 Å². The molecule has 0 aliphatic carbocycles. The third kappa shape index (κ3) is 64.1. The Labute approximate surface area is 562 Å². The Bertz CT molecular complexity index is 1820. The minimum Gasteiger partial charge on any atom is -0.462 e. The van der Waals surface area contributed by atoms with E-state index in [2.05, 4.69) is 55.4 Å². The van der Waals surface area contributed by atoms with Gasteiger partial charge in [-0.1, -0.05) is 312 Å². The molecular weight excluding hydrogens is 1210 g/mol. The summed E-state index contributed by atoms with van der Waals surface area (Å²) in [6.45, 7) is 14.2. The summed E-state index contributed by atoms with van der Waals surface area (Å²) in [7, 11) is -9.91. The molecule has 0 spiro atoms. The Balaban J connectivity index is 5.26. The van der Waals surface area contributed by atoms with Crippen molar-refractivity contribution in [3.8, 4) is 0 Å². The molecule has 3 N–H and O–H groups in total. The summed E-state index contributed by atoms with van der Waals surface area (Å²) in [5.41, 5.74) is 0. The normalized spacial score (nSPS) is 14.8. The largest absolute Gasteiger partial charge is 0.472 e. The van der Waals surface area contributed by atoms with E-state index in [1.54, 1.807) is 0 Å². The second-order valence-corrected chi connectivity index (χ2v) is 30.7. The number of unbranched alkanes of at least 4 members (excludes halogenated alkanes) is 34. The van der Waals surface area contributed by atoms with Crippen LogP contribution in [0.15, 0.2) is 0 Å². The molecule has 546 valence electrons. The first kappa shape index (κ1) is 90.1. The van der Waals surface area contributed by atoms with Gasteiger partial charge < -0.3 is 33.8 Å². The van der Waals surface area contributed by atoms with Gasteiger partial charge in [0, 0.05) is 25.7 Å². The smallest absolute Gasteiger partial charge is 0.462 e. The summed E-state index contributed by atoms with van der Waals surface area (Å²) in [5.74, 6) is 0.942. The van der Waals surface area contributed by atoms with Gasteiger partial charge >= 0.3 is 39.5 Å². The van der Waals surface area contributed by atoms with Crippen LogP contribution in [0.4, 0.5) is 0 Å². The van der Waals surface area contributed by atoms with E-state index in [0.29, 0.717) is 25.7 Å². The molecule has 0 aliphatic heterocycles. The topological polar surface area (TPSA) is 237 Å². The number of phosphoric acid groups is 2. The van der Waals surface area contributed by atoms with Gasteiger partial charge in [-0.15, -0.1) is 0 Å². The Morgan fingerprint density at radius 3 is 0.772 bits per heavy atom. The summed E-state index contributed by atoms with van der Waals surface area (Å²) in [6.07, 6.45) is 45.7. The zero-order valence-corrected chi connectivity index (χ0v) is 62.0. The van der Waals surface area contributed by atoms with Crippen molar-refractivity contribution in [3.05, 3.63) is 0 Å². The molecule has 0 saturated carbocycles. The van der Waals surface area contributed by atoms with Gasteiger partial charge in [0.1, 0.15) is 19.3 Å². The molecule has 0 radical (unpaired) electrons. The summed E-state index contributed by atoms with van der Waals surface area (Å²) >= 11 is 0. The lowest BCUT2D eigenvalue weighted by atomic mass is 9.99. The van der Waals surface area contributed by atoms with Gasteiger partial charge in [0.05, 0.1) is 26.4 Å². The fourth-order valence-electron chi connectivity index (χ4n) is 11.0. The van der Waals surface area contributed by atoms with Gasteiger partial charge in [-0.25, -0.2) is 9.13 Å². The Kier molecular flexibility index (Phi) is 61.3. The molecule has 19 heteroatoms. The first-order valence-electron chi connectivity index (χ1n) is 37.8. The monoisotopic (exact) mass is 1350 g/mol. The van der Waals surface area contributed by atoms with Gasteiger partial charge in [0.15, 0.2) is 12.2 Å². The van der Waals surface area contributed by atoms with Crippen LogP contribution in [0.3, 0.4) is 0 Å². The fourth-order valence-corrected chi connectivity index (χ4v) is 12.5. The van der Waals surface area contributed by atoms with Crippen molar-refractivity contribution in [1.82, 2.24) is 0 Å². The fraction of sp³-hybridized carbons (Fsp3) is 0.945. The van der Waals surface area contributed by atoms with Gasteiger partial charge in [0.2, 0.25) is 0 Å². The Morgan fingerprint density at radius 1 is 0.304 bits per heavy atom. The maximum absolute atomic E-state index is 13.1. The number of aliphatic hydroxyl groups is 1. The average molecular weight is 1350 g/mol. The second kappa shape index (κ2) is 62.6. The van der Waals surface area contributed by atoms with Crippen molar-refractivity contribution in [3.63, 3.8) is 0 Å². The minimum atomic E-state index is -4.96. The van der Waals surface area contributed by atoms with Crippen molar-refractivity contribution in [2.24, 2.45) is 23.7 Å². The van der Waals surface area contributed by atoms with Crippen LogP contribution in [-0.4, -0.2) is 96.7 Å². The molecule has 0 saturated heterocycles. The van der Waals surface area contributed by atoms with E-state index < -0.39 is 97.5 Å². The second-order valence-electron chi connectivity index (χ2n) is 27.8. The first-order chi connectivity index (χ1) is 44.2. The molecule has 0 aliphatic rings. The standard InChI is InChI=1S/C73H142O17P2/c1-9-65(7)51-43-35-27-20-23-30-38-46-54-71(76)84-59-68(89-72(77)55-47-39-31-18-16-14-12-11-13-15-17-25-33-41-49-63(3)4)61-87-91(79,80)85-57-67(74)58-86-92(81,82)88-62-69(60-83-70(75)53-45-37-29-22-19-26-34-42-50-64(5)6)90-73(78)56-48-40-32-24-21-28-36-44-52-66(8)10-2/h63-69,74H,9-62H2,1-8H3,(H,79,80)(H,81,82)/t65?,66?,67?,68-,69-/m1/s1. The summed E-state index contributed by atoms with van der Waals surface area (Å²) in [5, 5.41) is 10.6. The molecule has 0 heterocycles. The third-order valence-electron chi connectivity index (χ3n) is 17.5. The molecule has 0 amide bonds. The highest BCUT2D eigenvalue weighted by atomic mass is 31.2. The van der Waals surface area contributed by atoms with Crippen LogP contribution in [0, 0.1) is 23.7 Å². The maximum atomic E-state index is 13.1. The quantitative estimate of drug-likeness (QED) is 0.0222. The molecule has 5 unspecified atom stereocenters. The SMILES string of the molecule is CCC(C)CCCCCCCCCCC(=O)OC[C@H](COP(=O)(O)OCC(O)COP(=O)(O)OC[C@@H](COC(=O)CCCCCCCCCCC(C)C)OC(=O)CCCCCCCCCCC(C)CC)OC(=O)CCCCCCCCCCCCCCCCC(C)C. The van der Waals surface area contributed by atoms with Crippen molar-refractivity contribution in [2.75, 3.05) is 39.6 Å². The first-order valence-corrected chi connectivity index (χ1v) is 40.8. The number of carbonyl (C=O) groups is 4. The van der Waals surface area contributed by atoms with Crippen LogP contribution >= 0.6 is 15.6 Å². The number of phosphoric ester groups is 2. The Hall–Kier alpha value is -1.94. The zero-order valence-electron chi connectivity index (χ0n) is 60.2. The van der Waals surface area contributed by atoms with Crippen molar-refractivity contribution >= 4 is 39.5 Å². The molecule has 92 heavy (non-hydrogen) atoms. The molecule has 0 aromatic carbocycles. The van der Waals surface area contributed by atoms with E-state index in [9.17, 15) is 43.2 Å². The summed E-state index contributed by atoms with van der Waals surface area (Å²) < 4.78 is 68.4. The molecule has 0 aromatic rings. The third-order valence-corrected chi connectivity index (χ3v) is 19.4. The molecule has 0 rings (SSSR count). The van der Waals surface area contributed by atoms with Crippen LogP contribution in [0.25, 0.3) is 0 Å². The predicted molar refractivity (Wildman–Crippen MR) is 372 cm³/mol. The number of esters is 4. The number of ether oxygens (including phenoxy) is 4. The van der Waals surface area contributed by atoms with Gasteiger partial charge in [-0.3, -0.25) is 37.3 Å². The zero-order chi connectivity index (χ0) is 68.2. The molecule has 0 fully saturated rings. The highest BCUT2D eigenvalue weighted by Gasteiger charge is 2.30. The molecule has 17 nitrogen and oxygen atoms in total. The highest BCUT2D eigenvalue weighted by molar-refractivity contribution is 7.47. The number of rotatable bonds is 70. The van der Waals surface area contributed by atoms with Crippen LogP contribution in [0.2, 0.25) is 0 Å². The number of hydrogen-bond donors (Lipinski definition) is 3. The molecule has 0 bridgehead atoms. The molecule has 0 aromatic heterocycles. The number of aliphatic hydroxyl groups excluding tert-OH is 1.